The van der Waals surface area contributed by atoms with Crippen molar-refractivity contribution in [3.8, 4) is 11.1 Å². The Morgan fingerprint density at radius 1 is 1.00 bits per heavy atom. The normalized spacial score (nSPS) is 12.1. The van der Waals surface area contributed by atoms with Gasteiger partial charge in [-0.1, -0.05) is 30.3 Å². The van der Waals surface area contributed by atoms with Crippen LogP contribution in [0.4, 0.5) is 5.69 Å². The highest BCUT2D eigenvalue weighted by Crippen LogP contribution is 2.37. The largest absolute Gasteiger partial charge is 0.377 e. The zero-order valence-corrected chi connectivity index (χ0v) is 9.62. The fourth-order valence-electron chi connectivity index (χ4n) is 2.31. The molecule has 0 unspecified atom stereocenters. The number of rotatable bonds is 1. The smallest absolute Gasteiger partial charge is 0.0444 e. The molecule has 0 saturated carbocycles. The first-order valence-corrected chi connectivity index (χ1v) is 5.56. The second-order valence-corrected chi connectivity index (χ2v) is 4.46. The van der Waals surface area contributed by atoms with Crippen LogP contribution in [0.3, 0.4) is 0 Å². The zero-order valence-electron chi connectivity index (χ0n) is 9.62. The van der Waals surface area contributed by atoms with Gasteiger partial charge in [0.1, 0.15) is 0 Å². The minimum Gasteiger partial charge on any atom is -0.377 e. The van der Waals surface area contributed by atoms with Crippen LogP contribution in [0.25, 0.3) is 11.1 Å². The summed E-state index contributed by atoms with van der Waals surface area (Å²) in [6.45, 7) is 0. The van der Waals surface area contributed by atoms with Gasteiger partial charge in [-0.15, -0.1) is 0 Å². The van der Waals surface area contributed by atoms with E-state index in [1.807, 2.05) is 0 Å². The predicted molar refractivity (Wildman–Crippen MR) is 67.8 cm³/mol. The molecule has 0 N–H and O–H groups in total. The van der Waals surface area contributed by atoms with E-state index in [0.717, 1.165) is 12.1 Å². The first-order valence-electron chi connectivity index (χ1n) is 5.56. The van der Waals surface area contributed by atoms with E-state index in [9.17, 15) is 0 Å². The zero-order chi connectivity index (χ0) is 11.1. The van der Waals surface area contributed by atoms with Crippen molar-refractivity contribution in [2.75, 3.05) is 19.0 Å². The Bertz CT molecular complexity index is 541. The van der Waals surface area contributed by atoms with Crippen LogP contribution in [-0.4, -0.2) is 14.1 Å². The van der Waals surface area contributed by atoms with Crippen molar-refractivity contribution in [2.45, 2.75) is 6.42 Å². The van der Waals surface area contributed by atoms with Crippen LogP contribution in [0.15, 0.2) is 36.4 Å². The molecule has 0 fully saturated rings. The third-order valence-electron chi connectivity index (χ3n) is 3.17. The van der Waals surface area contributed by atoms with Crippen molar-refractivity contribution in [3.05, 3.63) is 53.6 Å². The molecule has 0 amide bonds. The molecule has 1 aliphatic carbocycles. The van der Waals surface area contributed by atoms with Crippen LogP contribution in [0.2, 0.25) is 0 Å². The lowest BCUT2D eigenvalue weighted by Crippen LogP contribution is -2.08. The van der Waals surface area contributed by atoms with Crippen molar-refractivity contribution in [1.82, 2.24) is 0 Å². The first kappa shape index (κ1) is 9.46. The van der Waals surface area contributed by atoms with E-state index in [4.69, 9.17) is 0 Å². The Hall–Kier alpha value is -1.76. The van der Waals surface area contributed by atoms with Crippen LogP contribution >= 0.6 is 0 Å². The molecular weight excluding hydrogens is 194 g/mol. The van der Waals surface area contributed by atoms with Crippen LogP contribution in [0.5, 0.6) is 0 Å². The average molecular weight is 208 g/mol. The fourth-order valence-corrected chi connectivity index (χ4v) is 2.31. The molecule has 1 nitrogen and oxygen atoms in total. The maximum absolute atomic E-state index is 3.50. The Morgan fingerprint density at radius 2 is 1.81 bits per heavy atom. The van der Waals surface area contributed by atoms with Gasteiger partial charge in [0.05, 0.1) is 0 Å². The van der Waals surface area contributed by atoms with Gasteiger partial charge >= 0.3 is 0 Å². The highest BCUT2D eigenvalue weighted by atomic mass is 15.1. The van der Waals surface area contributed by atoms with E-state index in [2.05, 4.69) is 61.5 Å². The minimum atomic E-state index is 1.02. The summed E-state index contributed by atoms with van der Waals surface area (Å²) in [5.74, 6) is 0. The van der Waals surface area contributed by atoms with E-state index in [-0.39, 0.29) is 0 Å². The summed E-state index contributed by atoms with van der Waals surface area (Å²) in [5.41, 5.74) is 6.63. The van der Waals surface area contributed by atoms with Gasteiger partial charge in [-0.05, 0) is 34.7 Å². The lowest BCUT2D eigenvalue weighted by atomic mass is 10.1. The summed E-state index contributed by atoms with van der Waals surface area (Å²) in [4.78, 5) is 2.10. The summed E-state index contributed by atoms with van der Waals surface area (Å²) >= 11 is 0. The maximum Gasteiger partial charge on any atom is 0.0444 e. The second kappa shape index (κ2) is 3.38. The van der Waals surface area contributed by atoms with Gasteiger partial charge in [0, 0.05) is 25.8 Å². The lowest BCUT2D eigenvalue weighted by molar-refractivity contribution is 1.12. The van der Waals surface area contributed by atoms with E-state index >= 15 is 0 Å². The van der Waals surface area contributed by atoms with Gasteiger partial charge in [0.15, 0.2) is 0 Å². The maximum atomic E-state index is 3.50. The summed E-state index contributed by atoms with van der Waals surface area (Å²) in [5, 5.41) is 0. The Balaban J connectivity index is 2.14. The molecule has 0 spiro atoms. The molecule has 79 valence electrons. The summed E-state index contributed by atoms with van der Waals surface area (Å²) < 4.78 is 0. The molecule has 2 aromatic carbocycles. The number of hydrogen-bond acceptors (Lipinski definition) is 1. The molecule has 2 aromatic rings. The quantitative estimate of drug-likeness (QED) is 0.594. The SMILES string of the molecule is CN(C)c1[c]c2c(cc1)-c1ccccc1C2. The summed E-state index contributed by atoms with van der Waals surface area (Å²) in [6, 6.07) is 16.5. The van der Waals surface area contributed by atoms with Crippen molar-refractivity contribution >= 4 is 5.69 Å². The van der Waals surface area contributed by atoms with Gasteiger partial charge in [-0.3, -0.25) is 0 Å². The van der Waals surface area contributed by atoms with Crippen LogP contribution in [0, 0.1) is 6.07 Å². The molecule has 3 rings (SSSR count). The average Bonchev–Trinajstić information content (AvgIpc) is 2.66. The van der Waals surface area contributed by atoms with Gasteiger partial charge < -0.3 is 4.90 Å². The molecule has 0 bridgehead atoms. The summed E-state index contributed by atoms with van der Waals surface area (Å²) in [6.07, 6.45) is 1.02. The standard InChI is InChI=1S/C15H14N/c1-16(2)13-7-8-15-12(10-13)9-11-5-3-4-6-14(11)15/h3-8H,9H2,1-2H3. The van der Waals surface area contributed by atoms with Crippen molar-refractivity contribution in [2.24, 2.45) is 0 Å². The predicted octanol–water partition coefficient (Wildman–Crippen LogP) is 3.12. The molecule has 16 heavy (non-hydrogen) atoms. The van der Waals surface area contributed by atoms with Crippen LogP contribution < -0.4 is 4.90 Å². The third kappa shape index (κ3) is 1.32. The fraction of sp³-hybridized carbons (Fsp3) is 0.200. The van der Waals surface area contributed by atoms with Gasteiger partial charge in [0.2, 0.25) is 0 Å². The number of nitrogens with zero attached hydrogens (tertiary/aromatic N) is 1. The van der Waals surface area contributed by atoms with Gasteiger partial charge in [-0.2, -0.15) is 0 Å². The molecule has 1 radical (unpaired) electrons. The number of anilines is 1. The van der Waals surface area contributed by atoms with E-state index < -0.39 is 0 Å². The number of fused-ring (bicyclic) bond motifs is 3. The van der Waals surface area contributed by atoms with Crippen LogP contribution in [-0.2, 0) is 6.42 Å². The number of hydrogen-bond donors (Lipinski definition) is 0. The Labute approximate surface area is 96.3 Å². The molecule has 0 atom stereocenters. The molecule has 0 saturated heterocycles. The number of benzene rings is 2. The molecular formula is C15H14N. The van der Waals surface area contributed by atoms with E-state index in [0.29, 0.717) is 0 Å². The molecule has 1 aliphatic rings. The molecule has 0 aliphatic heterocycles. The molecule has 0 heterocycles. The van der Waals surface area contributed by atoms with Crippen molar-refractivity contribution in [3.63, 3.8) is 0 Å². The Morgan fingerprint density at radius 3 is 2.62 bits per heavy atom. The van der Waals surface area contributed by atoms with Gasteiger partial charge in [-0.25, -0.2) is 0 Å². The van der Waals surface area contributed by atoms with Crippen LogP contribution in [0.1, 0.15) is 11.1 Å². The second-order valence-electron chi connectivity index (χ2n) is 4.46. The highest BCUT2D eigenvalue weighted by molar-refractivity contribution is 5.78. The third-order valence-corrected chi connectivity index (χ3v) is 3.17. The summed E-state index contributed by atoms with van der Waals surface area (Å²) in [7, 11) is 4.11. The van der Waals surface area contributed by atoms with E-state index in [1.54, 1.807) is 0 Å². The molecule has 0 aromatic heterocycles. The monoisotopic (exact) mass is 208 g/mol. The molecule has 1 heteroatoms. The van der Waals surface area contributed by atoms with Gasteiger partial charge in [0.25, 0.3) is 0 Å². The lowest BCUT2D eigenvalue weighted by Gasteiger charge is -2.13. The minimum absolute atomic E-state index is 1.02. The topological polar surface area (TPSA) is 3.24 Å². The van der Waals surface area contributed by atoms with E-state index in [1.165, 1.54) is 22.3 Å². The van der Waals surface area contributed by atoms with Crippen molar-refractivity contribution in [1.29, 1.82) is 0 Å². The van der Waals surface area contributed by atoms with Crippen molar-refractivity contribution < 1.29 is 0 Å². The first-order chi connectivity index (χ1) is 7.75. The Kier molecular flexibility index (Phi) is 2.00. The highest BCUT2D eigenvalue weighted by Gasteiger charge is 2.18.